The van der Waals surface area contributed by atoms with Crippen molar-refractivity contribution in [1.29, 1.82) is 0 Å². The van der Waals surface area contributed by atoms with E-state index < -0.39 is 0 Å². The molecule has 0 aromatic heterocycles. The quantitative estimate of drug-likeness (QED) is 0.715. The van der Waals surface area contributed by atoms with Gasteiger partial charge in [0.2, 0.25) is 0 Å². The minimum atomic E-state index is 0.822. The minimum absolute atomic E-state index is 0.822. The first-order valence-corrected chi connectivity index (χ1v) is 7.32. The van der Waals surface area contributed by atoms with E-state index in [4.69, 9.17) is 0 Å². The van der Waals surface area contributed by atoms with Crippen molar-refractivity contribution in [1.82, 2.24) is 10.2 Å². The molecule has 2 saturated carbocycles. The van der Waals surface area contributed by atoms with Gasteiger partial charge in [0, 0.05) is 12.1 Å². The van der Waals surface area contributed by atoms with E-state index in [9.17, 15) is 0 Å². The number of hydrogen-bond acceptors (Lipinski definition) is 2. The van der Waals surface area contributed by atoms with Gasteiger partial charge in [-0.2, -0.15) is 0 Å². The third kappa shape index (κ3) is 3.21. The van der Waals surface area contributed by atoms with Gasteiger partial charge in [-0.25, -0.2) is 0 Å². The molecule has 0 spiro atoms. The molecule has 94 valence electrons. The molecule has 0 amide bonds. The second-order valence-corrected chi connectivity index (χ2v) is 5.50. The molecule has 2 rings (SSSR count). The summed E-state index contributed by atoms with van der Waals surface area (Å²) in [6, 6.07) is 1.77. The Labute approximate surface area is 101 Å². The summed E-state index contributed by atoms with van der Waals surface area (Å²) in [7, 11) is 0. The van der Waals surface area contributed by atoms with Crippen LogP contribution < -0.4 is 5.32 Å². The molecule has 2 heteroatoms. The van der Waals surface area contributed by atoms with E-state index in [1.807, 2.05) is 0 Å². The fraction of sp³-hybridized carbons (Fsp3) is 1.00. The summed E-state index contributed by atoms with van der Waals surface area (Å²) >= 11 is 0. The molecule has 2 aliphatic rings. The van der Waals surface area contributed by atoms with Crippen molar-refractivity contribution < 1.29 is 0 Å². The van der Waals surface area contributed by atoms with Crippen LogP contribution in [0.4, 0.5) is 0 Å². The van der Waals surface area contributed by atoms with Crippen LogP contribution in [0.1, 0.15) is 52.4 Å². The number of hydrogen-bond donors (Lipinski definition) is 1. The highest BCUT2D eigenvalue weighted by molar-refractivity contribution is 4.87. The highest BCUT2D eigenvalue weighted by Gasteiger charge is 2.30. The van der Waals surface area contributed by atoms with Crippen molar-refractivity contribution >= 4 is 0 Å². The molecule has 0 saturated heterocycles. The standard InChI is InChI=1S/C14H28N2/c1-3-15-14-7-5-6-12(14)10-11-16(4-2)13-8-9-13/h12-15H,3-11H2,1-2H3. The Morgan fingerprint density at radius 1 is 1.12 bits per heavy atom. The van der Waals surface area contributed by atoms with Crippen molar-refractivity contribution in [2.75, 3.05) is 19.6 Å². The molecule has 0 aliphatic heterocycles. The van der Waals surface area contributed by atoms with Gasteiger partial charge in [0.15, 0.2) is 0 Å². The monoisotopic (exact) mass is 224 g/mol. The molecule has 2 unspecified atom stereocenters. The SMILES string of the molecule is CCNC1CCCC1CCN(CC)C1CC1. The maximum absolute atomic E-state index is 3.66. The summed E-state index contributed by atoms with van der Waals surface area (Å²) in [6.07, 6.45) is 8.64. The largest absolute Gasteiger partial charge is 0.314 e. The lowest BCUT2D eigenvalue weighted by atomic mass is 9.99. The Kier molecular flexibility index (Phi) is 4.66. The normalized spacial score (nSPS) is 30.2. The predicted octanol–water partition coefficient (Wildman–Crippen LogP) is 2.64. The van der Waals surface area contributed by atoms with E-state index in [-0.39, 0.29) is 0 Å². The van der Waals surface area contributed by atoms with Crippen molar-refractivity contribution in [2.24, 2.45) is 5.92 Å². The topological polar surface area (TPSA) is 15.3 Å². The molecule has 1 N–H and O–H groups in total. The van der Waals surface area contributed by atoms with Crippen LogP contribution >= 0.6 is 0 Å². The van der Waals surface area contributed by atoms with E-state index in [2.05, 4.69) is 24.1 Å². The van der Waals surface area contributed by atoms with E-state index >= 15 is 0 Å². The number of rotatable bonds is 7. The molecule has 0 aromatic rings. The average molecular weight is 224 g/mol. The second-order valence-electron chi connectivity index (χ2n) is 5.50. The first-order chi connectivity index (χ1) is 7.85. The summed E-state index contributed by atoms with van der Waals surface area (Å²) in [5, 5.41) is 3.66. The Morgan fingerprint density at radius 2 is 1.94 bits per heavy atom. The third-order valence-corrected chi connectivity index (χ3v) is 4.38. The van der Waals surface area contributed by atoms with Crippen LogP contribution in [-0.2, 0) is 0 Å². The molecule has 0 radical (unpaired) electrons. The highest BCUT2D eigenvalue weighted by atomic mass is 15.2. The van der Waals surface area contributed by atoms with Gasteiger partial charge in [-0.15, -0.1) is 0 Å². The maximum Gasteiger partial charge on any atom is 0.00963 e. The molecule has 2 fully saturated rings. The maximum atomic E-state index is 3.66. The van der Waals surface area contributed by atoms with Crippen LogP contribution in [0.2, 0.25) is 0 Å². The van der Waals surface area contributed by atoms with E-state index in [0.717, 1.165) is 24.5 Å². The van der Waals surface area contributed by atoms with E-state index in [0.29, 0.717) is 0 Å². The molecule has 2 nitrogen and oxygen atoms in total. The molecular formula is C14H28N2. The van der Waals surface area contributed by atoms with Crippen LogP contribution in [0.3, 0.4) is 0 Å². The fourth-order valence-corrected chi connectivity index (χ4v) is 3.28. The van der Waals surface area contributed by atoms with Gasteiger partial charge in [-0.1, -0.05) is 20.3 Å². The Hall–Kier alpha value is -0.0800. The zero-order valence-electron chi connectivity index (χ0n) is 11.0. The molecule has 2 atom stereocenters. The summed E-state index contributed by atoms with van der Waals surface area (Å²) in [5.41, 5.74) is 0. The Morgan fingerprint density at radius 3 is 2.56 bits per heavy atom. The Balaban J connectivity index is 1.71. The first kappa shape index (κ1) is 12.4. The lowest BCUT2D eigenvalue weighted by Gasteiger charge is -2.25. The number of nitrogens with zero attached hydrogens (tertiary/aromatic N) is 1. The van der Waals surface area contributed by atoms with Gasteiger partial charge < -0.3 is 10.2 Å². The van der Waals surface area contributed by atoms with Gasteiger partial charge in [-0.3, -0.25) is 0 Å². The van der Waals surface area contributed by atoms with Crippen LogP contribution in [0.25, 0.3) is 0 Å². The predicted molar refractivity (Wildman–Crippen MR) is 69.7 cm³/mol. The van der Waals surface area contributed by atoms with Crippen molar-refractivity contribution in [3.63, 3.8) is 0 Å². The van der Waals surface area contributed by atoms with E-state index in [1.54, 1.807) is 0 Å². The van der Waals surface area contributed by atoms with Gasteiger partial charge in [0.25, 0.3) is 0 Å². The van der Waals surface area contributed by atoms with Gasteiger partial charge >= 0.3 is 0 Å². The fourth-order valence-electron chi connectivity index (χ4n) is 3.28. The number of nitrogens with one attached hydrogen (secondary N) is 1. The zero-order valence-corrected chi connectivity index (χ0v) is 11.0. The second kappa shape index (κ2) is 6.02. The average Bonchev–Trinajstić information content (AvgIpc) is 3.03. The van der Waals surface area contributed by atoms with Gasteiger partial charge in [0.1, 0.15) is 0 Å². The third-order valence-electron chi connectivity index (χ3n) is 4.38. The minimum Gasteiger partial charge on any atom is -0.314 e. The van der Waals surface area contributed by atoms with Crippen molar-refractivity contribution in [2.45, 2.75) is 64.5 Å². The molecule has 0 bridgehead atoms. The van der Waals surface area contributed by atoms with Crippen LogP contribution in [0.5, 0.6) is 0 Å². The Bertz CT molecular complexity index is 201. The molecule has 2 aliphatic carbocycles. The molecule has 0 heterocycles. The highest BCUT2D eigenvalue weighted by Crippen LogP contribution is 2.31. The lowest BCUT2D eigenvalue weighted by Crippen LogP contribution is -2.35. The van der Waals surface area contributed by atoms with E-state index in [1.165, 1.54) is 51.6 Å². The summed E-state index contributed by atoms with van der Waals surface area (Å²) in [5.74, 6) is 0.952. The molecule has 0 aromatic carbocycles. The molecule has 16 heavy (non-hydrogen) atoms. The summed E-state index contributed by atoms with van der Waals surface area (Å²) in [4.78, 5) is 2.70. The zero-order chi connectivity index (χ0) is 11.4. The van der Waals surface area contributed by atoms with Crippen LogP contribution in [-0.4, -0.2) is 36.6 Å². The van der Waals surface area contributed by atoms with Crippen LogP contribution in [0.15, 0.2) is 0 Å². The van der Waals surface area contributed by atoms with Crippen LogP contribution in [0, 0.1) is 5.92 Å². The molecular weight excluding hydrogens is 196 g/mol. The van der Waals surface area contributed by atoms with Crippen molar-refractivity contribution in [3.05, 3.63) is 0 Å². The lowest BCUT2D eigenvalue weighted by molar-refractivity contribution is 0.243. The van der Waals surface area contributed by atoms with Crippen molar-refractivity contribution in [3.8, 4) is 0 Å². The summed E-state index contributed by atoms with van der Waals surface area (Å²) < 4.78 is 0. The summed E-state index contributed by atoms with van der Waals surface area (Å²) in [6.45, 7) is 8.28. The van der Waals surface area contributed by atoms with Gasteiger partial charge in [-0.05, 0) is 57.7 Å². The smallest absolute Gasteiger partial charge is 0.00963 e. The van der Waals surface area contributed by atoms with Gasteiger partial charge in [0.05, 0.1) is 0 Å². The first-order valence-electron chi connectivity index (χ1n) is 7.32.